The largest absolute Gasteiger partial charge is 0.454 e. The molecule has 3 amide bonds. The van der Waals surface area contributed by atoms with Gasteiger partial charge in [-0.3, -0.25) is 38.4 Å². The molecule has 4 N–H and O–H groups in total. The number of ether oxygens (including phenoxy) is 3. The van der Waals surface area contributed by atoms with Crippen molar-refractivity contribution < 1.29 is 46.7 Å². The second-order valence-electron chi connectivity index (χ2n) is 19.9. The molecule has 0 bridgehead atoms. The van der Waals surface area contributed by atoms with Crippen LogP contribution in [-0.2, 0) is 42.2 Å². The fourth-order valence-corrected chi connectivity index (χ4v) is 11.6. The molecule has 0 spiro atoms. The van der Waals surface area contributed by atoms with Gasteiger partial charge in [0, 0.05) is 81.1 Å². The Bertz CT molecular complexity index is 2780. The number of carbonyl (C=O) groups excluding carboxylic acids is 3. The van der Waals surface area contributed by atoms with Gasteiger partial charge in [0.15, 0.2) is 11.5 Å². The van der Waals surface area contributed by atoms with Gasteiger partial charge in [-0.2, -0.15) is 8.42 Å². The summed E-state index contributed by atoms with van der Waals surface area (Å²) in [7, 11) is -1.64. The van der Waals surface area contributed by atoms with Crippen LogP contribution in [-0.4, -0.2) is 159 Å². The number of hydrogen-bond acceptors (Lipinski definition) is 14. The number of hydrogen-bond donors (Lipinski definition) is 4. The number of piperazine rings is 2. The molecule has 19 nitrogen and oxygen atoms in total. The Morgan fingerprint density at radius 1 is 1.01 bits per heavy atom. The van der Waals surface area contributed by atoms with Crippen LogP contribution in [0.15, 0.2) is 65.5 Å². The second kappa shape index (κ2) is 19.5. The number of carbonyl (C=O) groups is 3. The Morgan fingerprint density at radius 3 is 2.43 bits per heavy atom. The van der Waals surface area contributed by atoms with Gasteiger partial charge in [-0.05, 0) is 101 Å². The maximum atomic E-state index is 14.4. The first kappa shape index (κ1) is 49.8. The van der Waals surface area contributed by atoms with Gasteiger partial charge in [-0.15, -0.1) is 0 Å². The molecule has 2 aromatic heterocycles. The predicted molar refractivity (Wildman–Crippen MR) is 264 cm³/mol. The molecule has 4 fully saturated rings. The van der Waals surface area contributed by atoms with Crippen LogP contribution in [0.2, 0.25) is 0 Å². The van der Waals surface area contributed by atoms with Crippen molar-refractivity contribution in [1.82, 2.24) is 39.9 Å². The van der Waals surface area contributed by atoms with Crippen molar-refractivity contribution >= 4 is 66.2 Å². The van der Waals surface area contributed by atoms with Gasteiger partial charge in [0.1, 0.15) is 12.1 Å². The average Bonchev–Trinajstić information content (AvgIpc) is 4.11. The number of halogens is 1. The molecule has 21 heteroatoms. The van der Waals surface area contributed by atoms with Crippen molar-refractivity contribution in [2.45, 2.75) is 89.7 Å². The van der Waals surface area contributed by atoms with Crippen molar-refractivity contribution in [3.05, 3.63) is 82.2 Å². The lowest BCUT2D eigenvalue weighted by molar-refractivity contribution is -0.322. The molecule has 7 aliphatic rings. The van der Waals surface area contributed by atoms with Crippen LogP contribution >= 0.6 is 15.9 Å². The number of fused-ring (bicyclic) bond motifs is 6. The van der Waals surface area contributed by atoms with E-state index >= 15 is 0 Å². The van der Waals surface area contributed by atoms with E-state index in [1.54, 1.807) is 31.1 Å². The number of likely N-dealkylation sites (N-methyl/N-ethyl adjacent to an activating group) is 1. The van der Waals surface area contributed by atoms with E-state index in [4.69, 9.17) is 18.8 Å². The van der Waals surface area contributed by atoms with Gasteiger partial charge in [-0.25, -0.2) is 9.97 Å². The van der Waals surface area contributed by atoms with Crippen LogP contribution in [0.1, 0.15) is 63.6 Å². The summed E-state index contributed by atoms with van der Waals surface area (Å²) >= 11 is 3.70. The highest BCUT2D eigenvalue weighted by Gasteiger charge is 2.72. The van der Waals surface area contributed by atoms with Gasteiger partial charge in [0.2, 0.25) is 30.3 Å². The summed E-state index contributed by atoms with van der Waals surface area (Å²) in [5.41, 5.74) is 3.93. The van der Waals surface area contributed by atoms with Crippen LogP contribution < -0.4 is 19.7 Å². The molecule has 6 aliphatic heterocycles. The lowest BCUT2D eigenvalue weighted by Crippen LogP contribution is -2.71. The molecule has 4 aromatic rings. The third-order valence-corrected chi connectivity index (χ3v) is 15.0. The van der Waals surface area contributed by atoms with E-state index in [1.165, 1.54) is 21.4 Å². The number of aliphatic hydroxyl groups is 1. The van der Waals surface area contributed by atoms with Crippen molar-refractivity contribution in [2.75, 3.05) is 64.3 Å². The number of nitrogens with zero attached hydrogens (tertiary/aromatic N) is 7. The minimum atomic E-state index is -3.67. The fourth-order valence-electron chi connectivity index (χ4n) is 11.0. The number of H-pyrrole nitrogens is 1. The summed E-state index contributed by atoms with van der Waals surface area (Å²) in [6.45, 7) is 13.7. The lowest BCUT2D eigenvalue weighted by atomic mass is 9.79. The van der Waals surface area contributed by atoms with Crippen LogP contribution in [0.4, 0.5) is 5.95 Å². The van der Waals surface area contributed by atoms with Gasteiger partial charge in [-0.1, -0.05) is 52.0 Å². The maximum Gasteiger partial charge on any atom is 0.281 e. The maximum absolute atomic E-state index is 14.4. The Kier molecular flexibility index (Phi) is 13.8. The van der Waals surface area contributed by atoms with E-state index in [0.717, 1.165) is 84.3 Å². The summed E-state index contributed by atoms with van der Waals surface area (Å²) in [6.07, 6.45) is 8.79. The molecular formula is C49H62BrN9O10S. The topological polar surface area (TPSA) is 223 Å². The Morgan fingerprint density at radius 2 is 1.73 bits per heavy atom. The first-order chi connectivity index (χ1) is 33.3. The summed E-state index contributed by atoms with van der Waals surface area (Å²) < 4.78 is 44.1. The Hall–Kier alpha value is -5.16. The smallest absolute Gasteiger partial charge is 0.281 e. The predicted octanol–water partition coefficient (Wildman–Crippen LogP) is 4.22. The average molecular weight is 1050 g/mol. The number of benzene rings is 2. The monoisotopic (exact) mass is 1050 g/mol. The molecular weight excluding hydrogens is 987 g/mol. The molecule has 0 radical (unpaired) electrons. The van der Waals surface area contributed by atoms with Crippen LogP contribution in [0.25, 0.3) is 16.5 Å². The molecule has 2 aromatic carbocycles. The summed E-state index contributed by atoms with van der Waals surface area (Å²) in [5.74, 6) is -1.49. The van der Waals surface area contributed by atoms with Crippen LogP contribution in [0, 0.1) is 17.8 Å². The van der Waals surface area contributed by atoms with Crippen molar-refractivity contribution in [2.24, 2.45) is 17.8 Å². The minimum absolute atomic E-state index is 0.104. The van der Waals surface area contributed by atoms with Gasteiger partial charge >= 0.3 is 0 Å². The molecule has 4 saturated heterocycles. The Balaban J connectivity index is 0.000000187. The highest BCUT2D eigenvalue weighted by Crippen LogP contribution is 2.49. The number of rotatable bonds is 8. The van der Waals surface area contributed by atoms with E-state index < -0.39 is 51.6 Å². The minimum Gasteiger partial charge on any atom is -0.454 e. The standard InChI is InChI=1S/C32H40BrN5O5.C16H18N4O2.CH4O3S/c1-16(2)12-24-29(40)37-11-7-10-25(37)32(42)38(24)30(41)31(43-32,17(3)4)35-28(39)18-13-20-19-8-6-9-22-26(19)21(27(33)34-22)14-23(20)36(5)15-18;1-4-17-16(18-5-1)20-8-6-19(7-9-20)11-13-2-3-14-15(10-13)22-12-21-14;1-5(2,3)4/h6,8-9,13,16-18,23-25,34,42H,7,10-12,14-15H2,1-5H3,(H,35,39);1-5,10H,6-9,11-12H2;1H3,(H,2,3,4)/t18-,23-,24+,25+,31-,32+;;/m1../s1. The highest BCUT2D eigenvalue weighted by atomic mass is 79.9. The van der Waals surface area contributed by atoms with Crippen LogP contribution in [0.3, 0.4) is 0 Å². The molecule has 8 heterocycles. The van der Waals surface area contributed by atoms with E-state index in [9.17, 15) is 27.9 Å². The number of aromatic nitrogens is 3. The van der Waals surface area contributed by atoms with E-state index in [-0.39, 0.29) is 23.8 Å². The zero-order valence-corrected chi connectivity index (χ0v) is 42.7. The highest BCUT2D eigenvalue weighted by molar-refractivity contribution is 9.10. The van der Waals surface area contributed by atoms with Crippen molar-refractivity contribution in [1.29, 1.82) is 0 Å². The van der Waals surface area contributed by atoms with Crippen LogP contribution in [0.5, 0.6) is 11.5 Å². The molecule has 376 valence electrons. The Labute approximate surface area is 416 Å². The number of anilines is 1. The third-order valence-electron chi connectivity index (χ3n) is 14.3. The zero-order chi connectivity index (χ0) is 49.9. The first-order valence-electron chi connectivity index (χ1n) is 23.9. The molecule has 70 heavy (non-hydrogen) atoms. The van der Waals surface area contributed by atoms with Gasteiger partial charge in [0.05, 0.1) is 16.8 Å². The molecule has 0 saturated carbocycles. The van der Waals surface area contributed by atoms with E-state index in [2.05, 4.69) is 75.2 Å². The van der Waals surface area contributed by atoms with E-state index in [1.807, 2.05) is 45.2 Å². The second-order valence-corrected chi connectivity index (χ2v) is 22.2. The van der Waals surface area contributed by atoms with Crippen molar-refractivity contribution in [3.8, 4) is 11.5 Å². The van der Waals surface area contributed by atoms with Gasteiger partial charge in [0.25, 0.3) is 21.9 Å². The number of nitrogens with one attached hydrogen (secondary N) is 2. The first-order valence-corrected chi connectivity index (χ1v) is 26.5. The van der Waals surface area contributed by atoms with Gasteiger partial charge < -0.3 is 34.7 Å². The summed E-state index contributed by atoms with van der Waals surface area (Å²) in [4.78, 5) is 64.1. The number of amides is 3. The third kappa shape index (κ3) is 9.52. The summed E-state index contributed by atoms with van der Waals surface area (Å²) in [5, 5.41) is 16.3. The fraction of sp³-hybridized carbons (Fsp3) is 0.531. The normalized spacial score (nSPS) is 27.1. The number of aromatic amines is 1. The molecule has 1 aliphatic carbocycles. The lowest BCUT2D eigenvalue weighted by Gasteiger charge is -2.49. The SMILES string of the molecule is CC(C)C[C@H]1C(=O)N2CCC[C@H]2[C@]2(O)O[C@](NC(=O)[C@@H]3C=C4c5cccc6[nH]c(Br)c(c56)C[C@H]4N(C)C3)(C(C)C)C(=O)N12.CS(=O)(=O)O.c1cnc(N2CCN(Cc3ccc4c(c3)OCO4)CC2)nc1. The summed E-state index contributed by atoms with van der Waals surface area (Å²) in [6, 6.07) is 12.8. The molecule has 0 unspecified atom stereocenters. The zero-order valence-electron chi connectivity index (χ0n) is 40.3. The van der Waals surface area contributed by atoms with Crippen molar-refractivity contribution in [3.63, 3.8) is 0 Å². The molecule has 6 atom stereocenters. The quantitative estimate of drug-likeness (QED) is 0.182. The van der Waals surface area contributed by atoms with E-state index in [0.29, 0.717) is 39.0 Å². The molecule has 11 rings (SSSR count).